The lowest BCUT2D eigenvalue weighted by Crippen LogP contribution is -2.40. The number of nitrogens with zero attached hydrogens (tertiary/aromatic N) is 18. The second-order valence-electron chi connectivity index (χ2n) is 32.8. The first-order valence-corrected chi connectivity index (χ1v) is 43.6. The van der Waals surface area contributed by atoms with Gasteiger partial charge in [0.1, 0.15) is 58.1 Å². The molecule has 0 radical (unpaired) electrons. The molecule has 4 fully saturated rings. The predicted molar refractivity (Wildman–Crippen MR) is 472 cm³/mol. The molecule has 2 saturated heterocycles. The molecule has 2 aliphatic carbocycles. The molecule has 4 atom stereocenters. The van der Waals surface area contributed by atoms with E-state index < -0.39 is 0 Å². The Labute approximate surface area is 716 Å². The van der Waals surface area contributed by atoms with Crippen LogP contribution < -0.4 is 21.3 Å². The number of hydrogen-bond donors (Lipinski definition) is 4. The molecule has 6 aliphatic heterocycles. The Bertz CT molecular complexity index is 6070. The van der Waals surface area contributed by atoms with Crippen LogP contribution in [0.1, 0.15) is 150 Å². The molecule has 0 spiro atoms. The van der Waals surface area contributed by atoms with E-state index in [0.717, 1.165) is 209 Å². The van der Waals surface area contributed by atoms with Gasteiger partial charge in [-0.15, -0.1) is 0 Å². The maximum atomic E-state index is 13.6. The van der Waals surface area contributed by atoms with Gasteiger partial charge in [0.2, 0.25) is 23.8 Å². The molecule has 2 saturated carbocycles. The first kappa shape index (κ1) is 80.6. The quantitative estimate of drug-likeness (QED) is 0.0388. The molecule has 0 bridgehead atoms. The summed E-state index contributed by atoms with van der Waals surface area (Å²) in [6.45, 7) is 12.5. The Morgan fingerprint density at radius 2 is 0.718 bits per heavy atom. The van der Waals surface area contributed by atoms with Crippen LogP contribution in [-0.4, -0.2) is 152 Å². The fourth-order valence-electron chi connectivity index (χ4n) is 17.4. The third-order valence-electron chi connectivity index (χ3n) is 24.2. The van der Waals surface area contributed by atoms with E-state index in [2.05, 4.69) is 88.3 Å². The van der Waals surface area contributed by atoms with Crippen molar-refractivity contribution in [3.63, 3.8) is 0 Å². The highest BCUT2D eigenvalue weighted by Crippen LogP contribution is 2.46. The van der Waals surface area contributed by atoms with Crippen LogP contribution in [0.3, 0.4) is 0 Å². The number of imidazole rings is 4. The van der Waals surface area contributed by atoms with E-state index in [1.54, 1.807) is 49.2 Å². The van der Waals surface area contributed by atoms with Gasteiger partial charge in [-0.2, -0.15) is 0 Å². The van der Waals surface area contributed by atoms with Crippen LogP contribution in [0.15, 0.2) is 204 Å². The molecular weight excluding hydrogens is 1570 g/mol. The van der Waals surface area contributed by atoms with Gasteiger partial charge in [-0.25, -0.2) is 77.4 Å². The molecule has 24 nitrogen and oxygen atoms in total. The number of furan rings is 2. The van der Waals surface area contributed by atoms with Crippen molar-refractivity contribution < 1.29 is 26.4 Å². The van der Waals surface area contributed by atoms with Crippen LogP contribution >= 0.6 is 0 Å². The summed E-state index contributed by atoms with van der Waals surface area (Å²) in [6.07, 6.45) is 36.0. The average Bonchev–Trinajstić information content (AvgIpc) is 1.62. The van der Waals surface area contributed by atoms with Crippen molar-refractivity contribution >= 4 is 35.9 Å². The van der Waals surface area contributed by atoms with Crippen LogP contribution in [0.25, 0.3) is 103 Å². The molecular formula is C96H98F4N22O2. The molecule has 0 amide bonds. The zero-order valence-corrected chi connectivity index (χ0v) is 69.4. The van der Waals surface area contributed by atoms with Crippen molar-refractivity contribution in [2.75, 3.05) is 73.6 Å². The number of nitrogens with one attached hydrogen (secondary N) is 4. The molecule has 4 unspecified atom stereocenters. The fourth-order valence-corrected chi connectivity index (χ4v) is 17.4. The highest BCUT2D eigenvalue weighted by molar-refractivity contribution is 5.82. The molecule has 22 rings (SSSR count). The van der Waals surface area contributed by atoms with E-state index in [1.165, 1.54) is 120 Å². The van der Waals surface area contributed by atoms with Crippen molar-refractivity contribution in [3.8, 4) is 90.6 Å². The summed E-state index contributed by atoms with van der Waals surface area (Å²) in [5.41, 5.74) is 14.1. The SMILES string of the molecule is CCCNc1nccc(-c2c(-c3ccc(F)cc3)nc3n2C(/C=C/c2ccco2)CC3)n1.CCNc1nccc(-c2c(-c3ccc(F)cc3)nc3n2C(/C=C/c2ccco2)CC3)n1.Fc1ccc(-c2nc3n(c2-c2ccnc(NC4CC4)n2)C(CN2CCC2)CC3)cc1.Fc1ccc(-c2nc3n(c2-c2ccnc(NC4CCC4)n2)C(CN2CCC2)CC3)cc1. The molecule has 632 valence electrons. The number of likely N-dealkylation sites (tertiary alicyclic amines) is 2. The molecule has 124 heavy (non-hydrogen) atoms. The van der Waals surface area contributed by atoms with E-state index >= 15 is 0 Å². The summed E-state index contributed by atoms with van der Waals surface area (Å²) in [5.74, 6) is 7.32. The minimum Gasteiger partial charge on any atom is -0.465 e. The molecule has 16 heterocycles. The van der Waals surface area contributed by atoms with Crippen molar-refractivity contribution in [2.24, 2.45) is 0 Å². The molecule has 8 aliphatic rings. The van der Waals surface area contributed by atoms with Gasteiger partial charge in [-0.3, -0.25) is 0 Å². The zero-order valence-electron chi connectivity index (χ0n) is 69.4. The predicted octanol–water partition coefficient (Wildman–Crippen LogP) is 19.4. The van der Waals surface area contributed by atoms with Crippen molar-refractivity contribution in [1.82, 2.24) is 87.9 Å². The number of hydrogen-bond acceptors (Lipinski definition) is 20. The number of anilines is 4. The summed E-state index contributed by atoms with van der Waals surface area (Å²) in [5, 5.41) is 13.3. The summed E-state index contributed by atoms with van der Waals surface area (Å²) in [7, 11) is 0. The zero-order chi connectivity index (χ0) is 84.0. The largest absolute Gasteiger partial charge is 0.465 e. The van der Waals surface area contributed by atoms with E-state index in [9.17, 15) is 17.6 Å². The molecule has 4 N–H and O–H groups in total. The second-order valence-corrected chi connectivity index (χ2v) is 32.8. The highest BCUT2D eigenvalue weighted by Gasteiger charge is 2.38. The van der Waals surface area contributed by atoms with Gasteiger partial charge in [-0.1, -0.05) is 19.1 Å². The van der Waals surface area contributed by atoms with Crippen LogP contribution in [0, 0.1) is 23.3 Å². The van der Waals surface area contributed by atoms with E-state index in [1.807, 2.05) is 104 Å². The first-order valence-electron chi connectivity index (χ1n) is 43.6. The fraction of sp³-hybridized carbons (Fsp3) is 0.333. The maximum absolute atomic E-state index is 13.6. The minimum absolute atomic E-state index is 0.119. The monoisotopic (exact) mass is 1670 g/mol. The van der Waals surface area contributed by atoms with Crippen LogP contribution in [0.2, 0.25) is 0 Å². The lowest BCUT2D eigenvalue weighted by atomic mass is 9.93. The summed E-state index contributed by atoms with van der Waals surface area (Å²) < 4.78 is 74.4. The van der Waals surface area contributed by atoms with E-state index in [0.29, 0.717) is 48.0 Å². The Morgan fingerprint density at radius 1 is 0.371 bits per heavy atom. The third-order valence-corrected chi connectivity index (χ3v) is 24.2. The number of halogens is 4. The molecule has 4 aromatic carbocycles. The average molecular weight is 1670 g/mol. The Hall–Kier alpha value is -13.1. The molecule has 28 heteroatoms. The Balaban J connectivity index is 0.000000108. The van der Waals surface area contributed by atoms with Crippen LogP contribution in [0.4, 0.5) is 41.4 Å². The van der Waals surface area contributed by atoms with Gasteiger partial charge in [0, 0.05) is 123 Å². The lowest BCUT2D eigenvalue weighted by Gasteiger charge is -2.33. The van der Waals surface area contributed by atoms with Gasteiger partial charge < -0.3 is 58.2 Å². The van der Waals surface area contributed by atoms with Crippen molar-refractivity contribution in [1.29, 1.82) is 0 Å². The number of fused-ring (bicyclic) bond motifs is 4. The Morgan fingerprint density at radius 3 is 1.05 bits per heavy atom. The molecule has 10 aromatic heterocycles. The minimum atomic E-state index is -0.271. The highest BCUT2D eigenvalue weighted by atomic mass is 19.1. The van der Waals surface area contributed by atoms with Crippen LogP contribution in [0.5, 0.6) is 0 Å². The standard InChI is InChI=1S/C25H24FN5O.C24H27FN6.C24H22FN5O.C23H25FN6/c1-2-14-27-25-28-15-13-21(29-25)24-23(17-5-7-18(26)8-6-17)30-22-12-10-19(31(22)24)9-11-20-4-3-16-32-20;25-17-7-5-16(6-8-17)22-23(20-11-12-26-24(28-20)27-18-3-1-4-18)31-19(9-10-21(31)29-22)15-30-13-2-14-30;1-2-26-24-27-14-13-20(28-24)23-22(16-5-7-17(25)8-6-16)29-21-12-10-18(30(21)23)9-11-19-4-3-15-31-19;24-16-4-2-15(3-5-16)21-22(19-10-11-25-23(27-19)26-17-6-7-17)30-18(8-9-20(30)28-21)14-29-12-1-13-29/h3-9,11,13,15-16,19H,2,10,12,14H2,1H3,(H,27,28,29);5-8,11-12,18-19H,1-4,9-10,13-15H2,(H,26,27,28);3-9,11,13-15,18H,2,10,12H2,1H3,(H,26,27,28);2-5,10-11,17-18H,1,6-9,12-14H2,(H,25,26,27)/b11-9+;;11-9+;. The molecule has 14 aromatic rings. The van der Waals surface area contributed by atoms with Gasteiger partial charge >= 0.3 is 0 Å². The summed E-state index contributed by atoms with van der Waals surface area (Å²) >= 11 is 0. The van der Waals surface area contributed by atoms with E-state index in [-0.39, 0.29) is 35.4 Å². The maximum Gasteiger partial charge on any atom is 0.223 e. The van der Waals surface area contributed by atoms with Gasteiger partial charge in [0.05, 0.1) is 92.9 Å². The number of benzene rings is 4. The number of aryl methyl sites for hydroxylation is 4. The van der Waals surface area contributed by atoms with Gasteiger partial charge in [-0.05, 0) is 268 Å². The normalized spacial score (nSPS) is 18.1. The number of allylic oxidation sites excluding steroid dienone is 2. The first-order chi connectivity index (χ1) is 60.9. The van der Waals surface area contributed by atoms with Crippen molar-refractivity contribution in [2.45, 2.75) is 153 Å². The second kappa shape index (κ2) is 36.5. The lowest BCUT2D eigenvalue weighted by molar-refractivity contribution is 0.156. The summed E-state index contributed by atoms with van der Waals surface area (Å²) in [4.78, 5) is 61.8. The van der Waals surface area contributed by atoms with Gasteiger partial charge in [0.25, 0.3) is 0 Å². The third kappa shape index (κ3) is 17.8. The topological polar surface area (TPSA) is 255 Å². The Kier molecular flexibility index (Phi) is 23.8. The van der Waals surface area contributed by atoms with Crippen molar-refractivity contribution in [3.05, 3.63) is 253 Å². The number of aromatic nitrogens is 16. The van der Waals surface area contributed by atoms with E-state index in [4.69, 9.17) is 48.7 Å². The van der Waals surface area contributed by atoms with Crippen LogP contribution in [-0.2, 0) is 25.7 Å². The van der Waals surface area contributed by atoms with Gasteiger partial charge in [0.15, 0.2) is 0 Å². The smallest absolute Gasteiger partial charge is 0.223 e. The summed E-state index contributed by atoms with van der Waals surface area (Å²) in [6, 6.07) is 43.5. The number of rotatable bonds is 25.